The molecule has 0 aromatic heterocycles. The largest absolute Gasteiger partial charge is 0.353 e. The number of rotatable bonds is 6. The topological polar surface area (TPSA) is 29.1 Å². The van der Waals surface area contributed by atoms with Gasteiger partial charge in [0.1, 0.15) is 0 Å². The highest BCUT2D eigenvalue weighted by Gasteiger charge is 2.23. The summed E-state index contributed by atoms with van der Waals surface area (Å²) in [5, 5.41) is 3.65. The molecule has 1 rings (SSSR count). The predicted molar refractivity (Wildman–Crippen MR) is 58.0 cm³/mol. The van der Waals surface area contributed by atoms with E-state index in [0.29, 0.717) is 17.0 Å². The summed E-state index contributed by atoms with van der Waals surface area (Å²) in [6, 6.07) is 0.509. The minimum absolute atomic E-state index is 0.222. The monoisotopic (exact) mass is 201 g/mol. The standard InChI is InChI=1S/C10H19NOS/c1-3-9(4-2)13-7-10(12)11-8-5-6-8/h8-9H,3-7H2,1-2H3,(H,11,12). The second kappa shape index (κ2) is 5.53. The molecule has 1 aliphatic rings. The van der Waals surface area contributed by atoms with E-state index in [1.54, 1.807) is 11.8 Å². The molecule has 0 aromatic rings. The van der Waals surface area contributed by atoms with Crippen LogP contribution >= 0.6 is 11.8 Å². The van der Waals surface area contributed by atoms with Crippen LogP contribution in [0.2, 0.25) is 0 Å². The van der Waals surface area contributed by atoms with Gasteiger partial charge in [0.25, 0.3) is 0 Å². The van der Waals surface area contributed by atoms with Crippen molar-refractivity contribution in [2.24, 2.45) is 0 Å². The van der Waals surface area contributed by atoms with Crippen molar-refractivity contribution >= 4 is 17.7 Å². The van der Waals surface area contributed by atoms with Crippen LogP contribution in [0.3, 0.4) is 0 Å². The summed E-state index contributed by atoms with van der Waals surface area (Å²) in [6.07, 6.45) is 4.69. The van der Waals surface area contributed by atoms with Gasteiger partial charge in [0.05, 0.1) is 5.75 Å². The van der Waals surface area contributed by atoms with Crippen LogP contribution in [-0.2, 0) is 4.79 Å². The zero-order valence-electron chi connectivity index (χ0n) is 8.51. The average Bonchev–Trinajstić information content (AvgIpc) is 2.90. The molecule has 0 aliphatic heterocycles. The molecule has 1 N–H and O–H groups in total. The summed E-state index contributed by atoms with van der Waals surface area (Å²) in [5.74, 6) is 0.863. The SMILES string of the molecule is CCC(CC)SCC(=O)NC1CC1. The van der Waals surface area contributed by atoms with Crippen LogP contribution in [0.15, 0.2) is 0 Å². The van der Waals surface area contributed by atoms with Crippen molar-refractivity contribution in [3.05, 3.63) is 0 Å². The Morgan fingerprint density at radius 3 is 2.54 bits per heavy atom. The number of thioether (sulfide) groups is 1. The minimum Gasteiger partial charge on any atom is -0.353 e. The molecule has 0 saturated heterocycles. The lowest BCUT2D eigenvalue weighted by Gasteiger charge is -2.11. The van der Waals surface area contributed by atoms with Gasteiger partial charge in [-0.05, 0) is 25.7 Å². The van der Waals surface area contributed by atoms with Gasteiger partial charge in [0.15, 0.2) is 0 Å². The van der Waals surface area contributed by atoms with Crippen molar-refractivity contribution in [2.45, 2.75) is 50.8 Å². The molecule has 76 valence electrons. The highest BCUT2D eigenvalue weighted by atomic mass is 32.2. The van der Waals surface area contributed by atoms with E-state index in [-0.39, 0.29) is 5.91 Å². The summed E-state index contributed by atoms with van der Waals surface area (Å²) < 4.78 is 0. The molecular formula is C10H19NOS. The van der Waals surface area contributed by atoms with Crippen LogP contribution in [0.5, 0.6) is 0 Å². The van der Waals surface area contributed by atoms with Crippen molar-refractivity contribution in [3.8, 4) is 0 Å². The zero-order valence-corrected chi connectivity index (χ0v) is 9.32. The Balaban J connectivity index is 2.05. The molecule has 13 heavy (non-hydrogen) atoms. The van der Waals surface area contributed by atoms with E-state index in [1.165, 1.54) is 12.8 Å². The second-order valence-corrected chi connectivity index (χ2v) is 4.88. The summed E-state index contributed by atoms with van der Waals surface area (Å²) >= 11 is 1.79. The molecule has 3 heteroatoms. The van der Waals surface area contributed by atoms with E-state index in [9.17, 15) is 4.79 Å². The third kappa shape index (κ3) is 4.55. The molecule has 0 unspecified atom stereocenters. The van der Waals surface area contributed by atoms with Crippen molar-refractivity contribution < 1.29 is 4.79 Å². The molecule has 1 aliphatic carbocycles. The Morgan fingerprint density at radius 2 is 2.08 bits per heavy atom. The van der Waals surface area contributed by atoms with Crippen LogP contribution in [0.25, 0.3) is 0 Å². The van der Waals surface area contributed by atoms with Gasteiger partial charge in [-0.1, -0.05) is 13.8 Å². The smallest absolute Gasteiger partial charge is 0.230 e. The van der Waals surface area contributed by atoms with Crippen LogP contribution < -0.4 is 5.32 Å². The lowest BCUT2D eigenvalue weighted by Crippen LogP contribution is -2.27. The van der Waals surface area contributed by atoms with Gasteiger partial charge in [0.2, 0.25) is 5.91 Å². The third-order valence-electron chi connectivity index (χ3n) is 2.30. The summed E-state index contributed by atoms with van der Waals surface area (Å²) in [5.41, 5.74) is 0. The highest BCUT2D eigenvalue weighted by molar-refractivity contribution is 8.00. The molecule has 2 nitrogen and oxygen atoms in total. The number of nitrogens with one attached hydrogen (secondary N) is 1. The fourth-order valence-corrected chi connectivity index (χ4v) is 2.16. The number of carbonyl (C=O) groups is 1. The van der Waals surface area contributed by atoms with Gasteiger partial charge in [-0.2, -0.15) is 0 Å². The Labute approximate surface area is 84.9 Å². The van der Waals surface area contributed by atoms with E-state index in [1.807, 2.05) is 0 Å². The number of amides is 1. The maximum absolute atomic E-state index is 11.3. The lowest BCUT2D eigenvalue weighted by atomic mass is 10.3. The summed E-state index contributed by atoms with van der Waals surface area (Å²) in [6.45, 7) is 4.36. The van der Waals surface area contributed by atoms with E-state index in [2.05, 4.69) is 19.2 Å². The first-order valence-electron chi connectivity index (χ1n) is 5.17. The Morgan fingerprint density at radius 1 is 1.46 bits per heavy atom. The fourth-order valence-electron chi connectivity index (χ4n) is 1.21. The fraction of sp³-hybridized carbons (Fsp3) is 0.900. The maximum Gasteiger partial charge on any atom is 0.230 e. The highest BCUT2D eigenvalue weighted by Crippen LogP contribution is 2.20. The Hall–Kier alpha value is -0.180. The van der Waals surface area contributed by atoms with Crippen molar-refractivity contribution in [3.63, 3.8) is 0 Å². The van der Waals surface area contributed by atoms with Crippen molar-refractivity contribution in [1.82, 2.24) is 5.32 Å². The van der Waals surface area contributed by atoms with Crippen molar-refractivity contribution in [2.75, 3.05) is 5.75 Å². The first-order valence-corrected chi connectivity index (χ1v) is 6.22. The van der Waals surface area contributed by atoms with Gasteiger partial charge in [0, 0.05) is 11.3 Å². The first kappa shape index (κ1) is 10.9. The molecular weight excluding hydrogens is 182 g/mol. The van der Waals surface area contributed by atoms with Gasteiger partial charge in [-0.3, -0.25) is 4.79 Å². The van der Waals surface area contributed by atoms with Gasteiger partial charge in [-0.25, -0.2) is 0 Å². The van der Waals surface area contributed by atoms with Crippen LogP contribution in [0, 0.1) is 0 Å². The van der Waals surface area contributed by atoms with E-state index < -0.39 is 0 Å². The number of carbonyl (C=O) groups excluding carboxylic acids is 1. The van der Waals surface area contributed by atoms with E-state index >= 15 is 0 Å². The quantitative estimate of drug-likeness (QED) is 0.713. The van der Waals surface area contributed by atoms with Crippen LogP contribution in [-0.4, -0.2) is 23.0 Å². The minimum atomic E-state index is 0.222. The zero-order chi connectivity index (χ0) is 9.68. The van der Waals surface area contributed by atoms with Gasteiger partial charge in [-0.15, -0.1) is 11.8 Å². The molecule has 0 radical (unpaired) electrons. The molecule has 0 bridgehead atoms. The molecule has 0 aromatic carbocycles. The van der Waals surface area contributed by atoms with E-state index in [0.717, 1.165) is 12.8 Å². The number of hydrogen-bond acceptors (Lipinski definition) is 2. The lowest BCUT2D eigenvalue weighted by molar-refractivity contribution is -0.118. The maximum atomic E-state index is 11.3. The van der Waals surface area contributed by atoms with Gasteiger partial charge >= 0.3 is 0 Å². The summed E-state index contributed by atoms with van der Waals surface area (Å²) in [7, 11) is 0. The molecule has 1 saturated carbocycles. The molecule has 0 spiro atoms. The molecule has 0 heterocycles. The average molecular weight is 201 g/mol. The first-order chi connectivity index (χ1) is 6.26. The van der Waals surface area contributed by atoms with Crippen molar-refractivity contribution in [1.29, 1.82) is 0 Å². The van der Waals surface area contributed by atoms with Crippen LogP contribution in [0.1, 0.15) is 39.5 Å². The van der Waals surface area contributed by atoms with Gasteiger partial charge < -0.3 is 5.32 Å². The van der Waals surface area contributed by atoms with Crippen LogP contribution in [0.4, 0.5) is 0 Å². The van der Waals surface area contributed by atoms with E-state index in [4.69, 9.17) is 0 Å². The predicted octanol–water partition coefficient (Wildman–Crippen LogP) is 2.19. The third-order valence-corrected chi connectivity index (χ3v) is 3.87. The molecule has 1 fully saturated rings. The second-order valence-electron chi connectivity index (χ2n) is 3.59. The Kier molecular flexibility index (Phi) is 4.64. The normalized spacial score (nSPS) is 16.2. The summed E-state index contributed by atoms with van der Waals surface area (Å²) in [4.78, 5) is 11.3. The molecule has 1 amide bonds. The Bertz CT molecular complexity index is 164. The molecule has 0 atom stereocenters. The number of hydrogen-bond donors (Lipinski definition) is 1.